The lowest BCUT2D eigenvalue weighted by molar-refractivity contribution is -0.133. The van der Waals surface area contributed by atoms with E-state index in [9.17, 15) is 28.8 Å². The van der Waals surface area contributed by atoms with E-state index in [0.717, 1.165) is 86.4 Å². The topological polar surface area (TPSA) is 222 Å². The predicted octanol–water partition coefficient (Wildman–Crippen LogP) is 6.47. The Morgan fingerprint density at radius 2 is 1.58 bits per heavy atom. The van der Waals surface area contributed by atoms with Crippen LogP contribution in [0, 0.1) is 17.2 Å². The van der Waals surface area contributed by atoms with E-state index in [4.69, 9.17) is 21.0 Å². The number of para-hydroxylation sites is 1. The van der Waals surface area contributed by atoms with Gasteiger partial charge < -0.3 is 31.3 Å². The van der Waals surface area contributed by atoms with Crippen LogP contribution in [-0.2, 0) is 19.2 Å². The maximum Gasteiger partial charge on any atom is 0.262 e. The van der Waals surface area contributed by atoms with Crippen LogP contribution in [0.25, 0.3) is 11.3 Å². The third-order valence-corrected chi connectivity index (χ3v) is 14.1. The van der Waals surface area contributed by atoms with E-state index in [1.165, 1.54) is 12.1 Å². The van der Waals surface area contributed by atoms with Crippen molar-refractivity contribution in [3.05, 3.63) is 89.5 Å². The molecule has 16 heteroatoms. The third-order valence-electron chi connectivity index (χ3n) is 14.1. The predicted molar refractivity (Wildman–Crippen MR) is 247 cm³/mol. The Labute approximate surface area is 383 Å². The second kappa shape index (κ2) is 19.3. The molecule has 4 aromatic rings. The van der Waals surface area contributed by atoms with E-state index in [1.54, 1.807) is 6.07 Å². The number of hydrogen-bond acceptors (Lipinski definition) is 11. The average molecular weight is 896 g/mol. The molecule has 344 valence electrons. The lowest BCUT2D eigenvalue weighted by atomic mass is 9.83. The minimum atomic E-state index is -0.929. The van der Waals surface area contributed by atoms with Crippen molar-refractivity contribution in [3.63, 3.8) is 0 Å². The molecule has 6 N–H and O–H groups in total. The number of anilines is 2. The Morgan fingerprint density at radius 3 is 2.30 bits per heavy atom. The SMILES string of the molecule is N=C(N)c1c(-c2ccc(Oc3ccccc3)cc2)nn2c1NCC[C@H]2C1CCN(C(=O)CCCC2CCC(NC(=O)CNc3ccc4c(c3)C(=O)N(C3CCC(=O)CC3=O)C4=O)CC2)CC1. The van der Waals surface area contributed by atoms with Crippen LogP contribution in [0.1, 0.15) is 116 Å². The number of carbonyl (C=O) groups excluding carboxylic acids is 6. The van der Waals surface area contributed by atoms with Gasteiger partial charge in [0.25, 0.3) is 11.8 Å². The number of piperidine rings is 1. The molecule has 2 saturated carbocycles. The fraction of sp³-hybridized carbons (Fsp3) is 0.440. The summed E-state index contributed by atoms with van der Waals surface area (Å²) in [7, 11) is 0. The third kappa shape index (κ3) is 9.44. The molecule has 0 spiro atoms. The number of hydrogen-bond donors (Lipinski definition) is 5. The summed E-state index contributed by atoms with van der Waals surface area (Å²) in [5.41, 5.74) is 9.21. The maximum absolute atomic E-state index is 13.4. The molecule has 0 bridgehead atoms. The number of ketones is 2. The highest BCUT2D eigenvalue weighted by Gasteiger charge is 2.44. The fourth-order valence-electron chi connectivity index (χ4n) is 10.6. The first-order valence-electron chi connectivity index (χ1n) is 23.4. The minimum absolute atomic E-state index is 0.00136. The van der Waals surface area contributed by atoms with Gasteiger partial charge in [-0.05, 0) is 131 Å². The molecule has 1 saturated heterocycles. The Bertz CT molecular complexity index is 2520. The van der Waals surface area contributed by atoms with Crippen LogP contribution in [0.3, 0.4) is 0 Å². The molecule has 66 heavy (non-hydrogen) atoms. The van der Waals surface area contributed by atoms with E-state index in [2.05, 4.69) is 16.0 Å². The highest BCUT2D eigenvalue weighted by molar-refractivity contribution is 6.24. The summed E-state index contributed by atoms with van der Waals surface area (Å²) in [6.07, 6.45) is 8.77. The van der Waals surface area contributed by atoms with Gasteiger partial charge in [-0.3, -0.25) is 39.1 Å². The van der Waals surface area contributed by atoms with Gasteiger partial charge in [0, 0.05) is 49.8 Å². The largest absolute Gasteiger partial charge is 0.457 e. The standard InChI is InChI=1S/C50H57N9O7/c51-47(52)45-46(32-11-17-37(18-12-32)66-36-6-2-1-3-7-36)56-59-40(21-24-53-48(45)59)31-22-25-57(26-23-31)44(63)8-4-5-30-9-13-33(14-10-30)55-43(62)29-54-34-15-19-38-39(27-34)50(65)58(49(38)64)41-20-16-35(60)28-42(41)61/h1-3,6-7,11-12,15,17-19,27,30-31,33,40-41,53-54H,4-5,8-10,13-14,16,20-26,28-29H2,(H3,51,52)(H,55,62)/t30?,33?,40-,41?/m0/s1. The summed E-state index contributed by atoms with van der Waals surface area (Å²) in [5.74, 6) is 1.41. The van der Waals surface area contributed by atoms with E-state index in [0.29, 0.717) is 54.0 Å². The Balaban J connectivity index is 0.691. The van der Waals surface area contributed by atoms with Gasteiger partial charge in [-0.15, -0.1) is 0 Å². The van der Waals surface area contributed by atoms with E-state index >= 15 is 0 Å². The molecule has 4 heterocycles. The number of ether oxygens (including phenoxy) is 1. The van der Waals surface area contributed by atoms with Crippen molar-refractivity contribution >= 4 is 52.5 Å². The summed E-state index contributed by atoms with van der Waals surface area (Å²) in [4.78, 5) is 79.7. The number of imide groups is 1. The normalized spacial score (nSPS) is 22.1. The number of likely N-dealkylation sites (tertiary alicyclic amines) is 1. The van der Waals surface area contributed by atoms with Crippen LogP contribution < -0.4 is 26.4 Å². The van der Waals surface area contributed by atoms with E-state index in [-0.39, 0.29) is 72.5 Å². The number of nitrogen functional groups attached to an aromatic ring is 1. The highest BCUT2D eigenvalue weighted by Crippen LogP contribution is 2.41. The molecule has 4 amide bonds. The number of nitrogens with zero attached hydrogens (tertiary/aromatic N) is 4. The Morgan fingerprint density at radius 1 is 0.848 bits per heavy atom. The molecular formula is C50H57N9O7. The van der Waals surface area contributed by atoms with Crippen molar-refractivity contribution in [2.45, 2.75) is 102 Å². The summed E-state index contributed by atoms with van der Waals surface area (Å²) in [5, 5.41) is 23.2. The number of amidine groups is 1. The minimum Gasteiger partial charge on any atom is -0.457 e. The van der Waals surface area contributed by atoms with Crippen LogP contribution in [0.4, 0.5) is 11.5 Å². The lowest BCUT2D eigenvalue weighted by Gasteiger charge is -2.38. The molecule has 5 aliphatic rings. The summed E-state index contributed by atoms with van der Waals surface area (Å²) >= 11 is 0. The molecule has 0 radical (unpaired) electrons. The number of rotatable bonds is 14. The molecule has 1 aromatic heterocycles. The van der Waals surface area contributed by atoms with Crippen LogP contribution in [0.2, 0.25) is 0 Å². The van der Waals surface area contributed by atoms with Gasteiger partial charge >= 0.3 is 0 Å². The zero-order valence-electron chi connectivity index (χ0n) is 37.1. The molecular weight excluding hydrogens is 839 g/mol. The first kappa shape index (κ1) is 44.4. The smallest absolute Gasteiger partial charge is 0.262 e. The number of benzene rings is 3. The molecule has 9 rings (SSSR count). The number of nitrogens with one attached hydrogen (secondary N) is 4. The van der Waals surface area contributed by atoms with Gasteiger partial charge in [0.1, 0.15) is 34.6 Å². The van der Waals surface area contributed by atoms with Gasteiger partial charge in [-0.2, -0.15) is 5.10 Å². The number of nitrogens with two attached hydrogens (primary N) is 1. The average Bonchev–Trinajstić information content (AvgIpc) is 3.84. The zero-order valence-corrected chi connectivity index (χ0v) is 37.1. The fourth-order valence-corrected chi connectivity index (χ4v) is 10.6. The number of amides is 4. The first-order valence-corrected chi connectivity index (χ1v) is 23.4. The van der Waals surface area contributed by atoms with Gasteiger partial charge in [-0.1, -0.05) is 18.2 Å². The van der Waals surface area contributed by atoms with Gasteiger partial charge in [0.05, 0.1) is 41.7 Å². The molecule has 16 nitrogen and oxygen atoms in total. The van der Waals surface area contributed by atoms with Gasteiger partial charge in [0.2, 0.25) is 11.8 Å². The number of Topliss-reactive ketones (excluding diaryl/α,β-unsaturated/α-hetero) is 2. The quantitative estimate of drug-likeness (QED) is 0.0400. The van der Waals surface area contributed by atoms with Crippen LogP contribution in [0.5, 0.6) is 11.5 Å². The maximum atomic E-state index is 13.4. The lowest BCUT2D eigenvalue weighted by Crippen LogP contribution is -2.47. The summed E-state index contributed by atoms with van der Waals surface area (Å²) in [6, 6.07) is 21.3. The number of carbonyl (C=O) groups is 6. The van der Waals surface area contributed by atoms with Crippen molar-refractivity contribution in [2.75, 3.05) is 36.8 Å². The van der Waals surface area contributed by atoms with Crippen molar-refractivity contribution in [1.82, 2.24) is 24.9 Å². The van der Waals surface area contributed by atoms with Crippen molar-refractivity contribution in [2.24, 2.45) is 17.6 Å². The van der Waals surface area contributed by atoms with Gasteiger partial charge in [0.15, 0.2) is 5.78 Å². The second-order valence-corrected chi connectivity index (χ2v) is 18.4. The van der Waals surface area contributed by atoms with Crippen molar-refractivity contribution in [1.29, 1.82) is 5.41 Å². The summed E-state index contributed by atoms with van der Waals surface area (Å²) < 4.78 is 8.03. The molecule has 2 aliphatic carbocycles. The van der Waals surface area contributed by atoms with E-state index in [1.807, 2.05) is 64.2 Å². The highest BCUT2D eigenvalue weighted by atomic mass is 16.5. The van der Waals surface area contributed by atoms with E-state index < -0.39 is 23.6 Å². The van der Waals surface area contributed by atoms with Crippen molar-refractivity contribution in [3.8, 4) is 22.8 Å². The molecule has 1 unspecified atom stereocenters. The molecule has 2 atom stereocenters. The van der Waals surface area contributed by atoms with Gasteiger partial charge in [-0.25, -0.2) is 4.68 Å². The first-order chi connectivity index (χ1) is 32.0. The Hall–Kier alpha value is -6.84. The number of fused-ring (bicyclic) bond motifs is 2. The van der Waals surface area contributed by atoms with Crippen LogP contribution in [0.15, 0.2) is 72.8 Å². The van der Waals surface area contributed by atoms with Crippen LogP contribution in [-0.4, -0.2) is 98.9 Å². The zero-order chi connectivity index (χ0) is 45.9. The molecule has 3 aromatic carbocycles. The van der Waals surface area contributed by atoms with Crippen LogP contribution >= 0.6 is 0 Å². The Kier molecular flexibility index (Phi) is 13.0. The number of aromatic nitrogens is 2. The molecule has 3 fully saturated rings. The second-order valence-electron chi connectivity index (χ2n) is 18.4. The molecule has 3 aliphatic heterocycles. The van der Waals surface area contributed by atoms with Crippen molar-refractivity contribution < 1.29 is 33.5 Å². The summed E-state index contributed by atoms with van der Waals surface area (Å²) in [6.45, 7) is 2.19. The monoisotopic (exact) mass is 895 g/mol.